The SMILES string of the molecule is Cc1ccc2oc(C(O)CCCC(C)C)cc2c1. The summed E-state index contributed by atoms with van der Waals surface area (Å²) >= 11 is 0. The van der Waals surface area contributed by atoms with E-state index in [0.29, 0.717) is 11.7 Å². The van der Waals surface area contributed by atoms with Crippen LogP contribution in [0.5, 0.6) is 0 Å². The number of hydrogen-bond acceptors (Lipinski definition) is 2. The largest absolute Gasteiger partial charge is 0.458 e. The van der Waals surface area contributed by atoms with E-state index in [1.165, 1.54) is 5.56 Å². The van der Waals surface area contributed by atoms with Gasteiger partial charge >= 0.3 is 0 Å². The van der Waals surface area contributed by atoms with Crippen molar-refractivity contribution >= 4 is 11.0 Å². The van der Waals surface area contributed by atoms with Gasteiger partial charge in [0.15, 0.2) is 0 Å². The lowest BCUT2D eigenvalue weighted by molar-refractivity contribution is 0.138. The molecule has 1 N–H and O–H groups in total. The minimum atomic E-state index is -0.476. The Morgan fingerprint density at radius 1 is 1.17 bits per heavy atom. The molecule has 1 heterocycles. The van der Waals surface area contributed by atoms with Crippen molar-refractivity contribution < 1.29 is 9.52 Å². The molecular formula is C16H22O2. The van der Waals surface area contributed by atoms with Gasteiger partial charge in [-0.05, 0) is 37.5 Å². The smallest absolute Gasteiger partial charge is 0.134 e. The lowest BCUT2D eigenvalue weighted by atomic mass is 10.0. The summed E-state index contributed by atoms with van der Waals surface area (Å²) in [6.07, 6.45) is 2.49. The topological polar surface area (TPSA) is 33.4 Å². The molecule has 0 aliphatic heterocycles. The summed E-state index contributed by atoms with van der Waals surface area (Å²) in [5, 5.41) is 11.2. The van der Waals surface area contributed by atoms with Gasteiger partial charge in [0, 0.05) is 5.39 Å². The predicted molar refractivity (Wildman–Crippen MR) is 74.6 cm³/mol. The van der Waals surface area contributed by atoms with Gasteiger partial charge in [-0.15, -0.1) is 0 Å². The van der Waals surface area contributed by atoms with Crippen LogP contribution >= 0.6 is 0 Å². The van der Waals surface area contributed by atoms with E-state index in [9.17, 15) is 5.11 Å². The molecule has 98 valence electrons. The van der Waals surface area contributed by atoms with Crippen molar-refractivity contribution in [2.45, 2.75) is 46.1 Å². The Kier molecular flexibility index (Phi) is 4.07. The summed E-state index contributed by atoms with van der Waals surface area (Å²) in [4.78, 5) is 0. The second kappa shape index (κ2) is 5.57. The summed E-state index contributed by atoms with van der Waals surface area (Å²) in [5.41, 5.74) is 2.07. The molecule has 2 aromatic rings. The molecule has 18 heavy (non-hydrogen) atoms. The first-order chi connectivity index (χ1) is 8.56. The number of benzene rings is 1. The zero-order valence-corrected chi connectivity index (χ0v) is 11.4. The number of rotatable bonds is 5. The van der Waals surface area contributed by atoms with E-state index in [4.69, 9.17) is 4.42 Å². The van der Waals surface area contributed by atoms with Gasteiger partial charge in [0.25, 0.3) is 0 Å². The molecule has 0 spiro atoms. The predicted octanol–water partition coefficient (Wildman–Crippen LogP) is 4.60. The Morgan fingerprint density at radius 2 is 1.94 bits per heavy atom. The van der Waals surface area contributed by atoms with Crippen LogP contribution in [0, 0.1) is 12.8 Å². The molecule has 2 nitrogen and oxygen atoms in total. The van der Waals surface area contributed by atoms with Gasteiger partial charge in [-0.2, -0.15) is 0 Å². The first-order valence-electron chi connectivity index (χ1n) is 6.74. The van der Waals surface area contributed by atoms with Crippen molar-refractivity contribution in [2.24, 2.45) is 5.92 Å². The van der Waals surface area contributed by atoms with Crippen LogP contribution < -0.4 is 0 Å². The number of aliphatic hydroxyl groups excluding tert-OH is 1. The molecule has 0 aliphatic carbocycles. The quantitative estimate of drug-likeness (QED) is 0.836. The zero-order valence-electron chi connectivity index (χ0n) is 11.4. The van der Waals surface area contributed by atoms with Crippen LogP contribution in [0.25, 0.3) is 11.0 Å². The van der Waals surface area contributed by atoms with E-state index in [1.54, 1.807) is 0 Å². The molecule has 2 rings (SSSR count). The van der Waals surface area contributed by atoms with Crippen LogP contribution in [0.15, 0.2) is 28.7 Å². The molecular weight excluding hydrogens is 224 g/mol. The number of fused-ring (bicyclic) bond motifs is 1. The van der Waals surface area contributed by atoms with Crippen molar-refractivity contribution in [1.29, 1.82) is 0 Å². The fraction of sp³-hybridized carbons (Fsp3) is 0.500. The van der Waals surface area contributed by atoms with Gasteiger partial charge in [-0.25, -0.2) is 0 Å². The summed E-state index contributed by atoms with van der Waals surface area (Å²) in [7, 11) is 0. The number of hydrogen-bond donors (Lipinski definition) is 1. The van der Waals surface area contributed by atoms with Crippen molar-refractivity contribution in [3.63, 3.8) is 0 Å². The fourth-order valence-corrected chi connectivity index (χ4v) is 2.21. The van der Waals surface area contributed by atoms with Crippen molar-refractivity contribution in [3.8, 4) is 0 Å². The van der Waals surface area contributed by atoms with Crippen molar-refractivity contribution in [2.75, 3.05) is 0 Å². The Balaban J connectivity index is 2.06. The molecule has 0 radical (unpaired) electrons. The highest BCUT2D eigenvalue weighted by Crippen LogP contribution is 2.27. The van der Waals surface area contributed by atoms with Gasteiger partial charge < -0.3 is 9.52 Å². The third-order valence-electron chi connectivity index (χ3n) is 3.28. The molecule has 0 saturated heterocycles. The van der Waals surface area contributed by atoms with Crippen LogP contribution in [0.4, 0.5) is 0 Å². The Morgan fingerprint density at radius 3 is 2.67 bits per heavy atom. The highest BCUT2D eigenvalue weighted by Gasteiger charge is 2.13. The lowest BCUT2D eigenvalue weighted by Gasteiger charge is -2.08. The fourth-order valence-electron chi connectivity index (χ4n) is 2.21. The van der Waals surface area contributed by atoms with E-state index in [2.05, 4.69) is 26.8 Å². The minimum Gasteiger partial charge on any atom is -0.458 e. The molecule has 0 saturated carbocycles. The summed E-state index contributed by atoms with van der Waals surface area (Å²) in [6, 6.07) is 8.04. The standard InChI is InChI=1S/C16H22O2/c1-11(2)5-4-6-14(17)16-10-13-9-12(3)7-8-15(13)18-16/h7-11,14,17H,4-6H2,1-3H3. The van der Waals surface area contributed by atoms with E-state index < -0.39 is 6.10 Å². The van der Waals surface area contributed by atoms with Gasteiger partial charge in [0.2, 0.25) is 0 Å². The molecule has 1 aromatic carbocycles. The highest BCUT2D eigenvalue weighted by molar-refractivity contribution is 5.78. The average Bonchev–Trinajstić information content (AvgIpc) is 2.71. The van der Waals surface area contributed by atoms with Crippen LogP contribution in [0.2, 0.25) is 0 Å². The Hall–Kier alpha value is -1.28. The van der Waals surface area contributed by atoms with Crippen molar-refractivity contribution in [1.82, 2.24) is 0 Å². The molecule has 0 fully saturated rings. The van der Waals surface area contributed by atoms with Crippen LogP contribution in [-0.2, 0) is 0 Å². The van der Waals surface area contributed by atoms with Crippen molar-refractivity contribution in [3.05, 3.63) is 35.6 Å². The summed E-state index contributed by atoms with van der Waals surface area (Å²) in [6.45, 7) is 6.47. The maximum atomic E-state index is 10.1. The van der Waals surface area contributed by atoms with E-state index >= 15 is 0 Å². The maximum absolute atomic E-state index is 10.1. The van der Waals surface area contributed by atoms with Crippen LogP contribution in [-0.4, -0.2) is 5.11 Å². The average molecular weight is 246 g/mol. The maximum Gasteiger partial charge on any atom is 0.134 e. The second-order valence-corrected chi connectivity index (χ2v) is 5.53. The monoisotopic (exact) mass is 246 g/mol. The highest BCUT2D eigenvalue weighted by atomic mass is 16.4. The lowest BCUT2D eigenvalue weighted by Crippen LogP contribution is -1.97. The third-order valence-corrected chi connectivity index (χ3v) is 3.28. The normalized spacial score (nSPS) is 13.4. The van der Waals surface area contributed by atoms with Gasteiger partial charge in [-0.3, -0.25) is 0 Å². The molecule has 1 unspecified atom stereocenters. The molecule has 0 amide bonds. The minimum absolute atomic E-state index is 0.476. The Bertz CT molecular complexity index is 511. The molecule has 1 atom stereocenters. The zero-order chi connectivity index (χ0) is 13.1. The van der Waals surface area contributed by atoms with Crippen LogP contribution in [0.1, 0.15) is 50.5 Å². The van der Waals surface area contributed by atoms with Gasteiger partial charge in [0.05, 0.1) is 0 Å². The van der Waals surface area contributed by atoms with Crippen LogP contribution in [0.3, 0.4) is 0 Å². The van der Waals surface area contributed by atoms with E-state index in [0.717, 1.165) is 30.2 Å². The first-order valence-corrected chi connectivity index (χ1v) is 6.74. The number of furan rings is 1. The summed E-state index contributed by atoms with van der Waals surface area (Å²) in [5.74, 6) is 1.38. The Labute approximate surface area is 109 Å². The molecule has 2 heteroatoms. The molecule has 1 aromatic heterocycles. The number of aryl methyl sites for hydroxylation is 1. The van der Waals surface area contributed by atoms with Gasteiger partial charge in [-0.1, -0.05) is 38.3 Å². The number of aliphatic hydroxyl groups is 1. The molecule has 0 bridgehead atoms. The first kappa shape index (κ1) is 13.2. The third kappa shape index (κ3) is 3.14. The second-order valence-electron chi connectivity index (χ2n) is 5.53. The van der Waals surface area contributed by atoms with Gasteiger partial charge in [0.1, 0.15) is 17.4 Å². The summed E-state index contributed by atoms with van der Waals surface area (Å²) < 4.78 is 5.69. The van der Waals surface area contributed by atoms with E-state index in [-0.39, 0.29) is 0 Å². The van der Waals surface area contributed by atoms with E-state index in [1.807, 2.05) is 18.2 Å². The molecule has 0 aliphatic rings.